The van der Waals surface area contributed by atoms with Crippen molar-refractivity contribution >= 4 is 29.0 Å². The smallest absolute Gasteiger partial charge is 0.376 e. The number of nitrogens with one attached hydrogen (secondary N) is 3. The largest absolute Gasteiger partial charge is 0.447 e. The number of anilines is 1. The number of pyridine rings is 1. The molecule has 3 N–H and O–H groups in total. The summed E-state index contributed by atoms with van der Waals surface area (Å²) in [5.74, 6) is 4.89. The van der Waals surface area contributed by atoms with Crippen molar-refractivity contribution in [1.82, 2.24) is 20.0 Å². The fourth-order valence-electron chi connectivity index (χ4n) is 2.93. The summed E-state index contributed by atoms with van der Waals surface area (Å²) in [6, 6.07) is 2.75. The van der Waals surface area contributed by atoms with Crippen molar-refractivity contribution in [2.24, 2.45) is 0 Å². The zero-order chi connectivity index (χ0) is 21.0. The molecule has 11 heteroatoms. The van der Waals surface area contributed by atoms with E-state index in [-0.39, 0.29) is 47.1 Å². The van der Waals surface area contributed by atoms with E-state index >= 15 is 0 Å². The molecule has 0 aromatic carbocycles. The summed E-state index contributed by atoms with van der Waals surface area (Å²) in [5, 5.41) is 8.28. The van der Waals surface area contributed by atoms with Crippen molar-refractivity contribution in [3.8, 4) is 11.8 Å². The lowest BCUT2D eigenvalue weighted by atomic mass is 10.0. The topological polar surface area (TPSA) is 70.5 Å². The standard InChI is InChI=1S/C18H19F4N5OS/c1-11(28)24-7-2-4-15-17(29-18(20,21)22)27-9-3-5-14(16(27)26-15)25-13-6-8-23-10-12(13)19/h3,5,9,12-13,23,25H,6-8,10H2,1H3,(H,24,28). The molecule has 0 saturated carbocycles. The number of imidazole rings is 1. The highest BCUT2D eigenvalue weighted by Gasteiger charge is 2.33. The van der Waals surface area contributed by atoms with Gasteiger partial charge < -0.3 is 16.0 Å². The van der Waals surface area contributed by atoms with Gasteiger partial charge >= 0.3 is 5.51 Å². The lowest BCUT2D eigenvalue weighted by molar-refractivity contribution is -0.118. The number of fused-ring (bicyclic) bond motifs is 1. The van der Waals surface area contributed by atoms with E-state index in [1.807, 2.05) is 0 Å². The second-order valence-electron chi connectivity index (χ2n) is 6.40. The van der Waals surface area contributed by atoms with E-state index in [0.29, 0.717) is 18.7 Å². The van der Waals surface area contributed by atoms with Crippen LogP contribution in [0, 0.1) is 11.8 Å². The molecule has 0 spiro atoms. The first-order chi connectivity index (χ1) is 13.7. The molecule has 2 unspecified atom stereocenters. The average molecular weight is 429 g/mol. The number of carbonyl (C=O) groups is 1. The van der Waals surface area contributed by atoms with Crippen molar-refractivity contribution in [2.75, 3.05) is 25.0 Å². The highest BCUT2D eigenvalue weighted by atomic mass is 32.2. The third-order valence-corrected chi connectivity index (χ3v) is 5.01. The Hall–Kier alpha value is -2.45. The van der Waals surface area contributed by atoms with E-state index in [2.05, 4.69) is 32.8 Å². The third kappa shape index (κ3) is 5.55. The highest BCUT2D eigenvalue weighted by molar-refractivity contribution is 8.00. The minimum absolute atomic E-state index is 0.0109. The molecule has 1 aliphatic rings. The predicted octanol–water partition coefficient (Wildman–Crippen LogP) is 2.55. The van der Waals surface area contributed by atoms with E-state index in [0.717, 1.165) is 0 Å². The van der Waals surface area contributed by atoms with Crippen molar-refractivity contribution in [3.63, 3.8) is 0 Å². The van der Waals surface area contributed by atoms with E-state index in [1.165, 1.54) is 17.5 Å². The Balaban J connectivity index is 1.98. The van der Waals surface area contributed by atoms with E-state index in [4.69, 9.17) is 0 Å². The van der Waals surface area contributed by atoms with Crippen molar-refractivity contribution in [2.45, 2.75) is 36.1 Å². The van der Waals surface area contributed by atoms with Gasteiger partial charge in [-0.2, -0.15) is 13.2 Å². The van der Waals surface area contributed by atoms with Crippen LogP contribution in [-0.2, 0) is 4.79 Å². The maximum absolute atomic E-state index is 14.1. The highest BCUT2D eigenvalue weighted by Crippen LogP contribution is 2.39. The van der Waals surface area contributed by atoms with Gasteiger partial charge in [-0.3, -0.25) is 9.20 Å². The molecule has 1 aliphatic heterocycles. The maximum Gasteiger partial charge on any atom is 0.447 e. The number of thioether (sulfide) groups is 1. The van der Waals surface area contributed by atoms with Crippen LogP contribution >= 0.6 is 11.8 Å². The van der Waals surface area contributed by atoms with Gasteiger partial charge in [0.25, 0.3) is 0 Å². The molecule has 1 saturated heterocycles. The van der Waals surface area contributed by atoms with Gasteiger partial charge in [-0.15, -0.1) is 0 Å². The van der Waals surface area contributed by atoms with Crippen LogP contribution in [0.25, 0.3) is 5.65 Å². The first-order valence-electron chi connectivity index (χ1n) is 8.86. The minimum Gasteiger partial charge on any atom is -0.376 e. The van der Waals surface area contributed by atoms with Crippen molar-refractivity contribution in [1.29, 1.82) is 0 Å². The molecule has 3 heterocycles. The molecule has 2 atom stereocenters. The van der Waals surface area contributed by atoms with Gasteiger partial charge in [-0.1, -0.05) is 5.92 Å². The number of piperidine rings is 1. The normalized spacial score (nSPS) is 19.5. The Morgan fingerprint density at radius 3 is 2.97 bits per heavy atom. The Kier molecular flexibility index (Phi) is 6.54. The third-order valence-electron chi connectivity index (χ3n) is 4.20. The number of alkyl halides is 4. The molecule has 29 heavy (non-hydrogen) atoms. The number of hydrogen-bond donors (Lipinski definition) is 3. The Bertz CT molecular complexity index is 949. The number of nitrogens with zero attached hydrogens (tertiary/aromatic N) is 2. The Morgan fingerprint density at radius 1 is 1.48 bits per heavy atom. The molecule has 6 nitrogen and oxygen atoms in total. The zero-order valence-corrected chi connectivity index (χ0v) is 16.3. The number of hydrogen-bond acceptors (Lipinski definition) is 5. The van der Waals surface area contributed by atoms with Crippen molar-refractivity contribution in [3.05, 3.63) is 24.0 Å². The van der Waals surface area contributed by atoms with Crippen molar-refractivity contribution < 1.29 is 22.4 Å². The van der Waals surface area contributed by atoms with Gasteiger partial charge in [0.2, 0.25) is 5.91 Å². The predicted molar refractivity (Wildman–Crippen MR) is 102 cm³/mol. The van der Waals surface area contributed by atoms with Gasteiger partial charge in [0, 0.05) is 31.4 Å². The van der Waals surface area contributed by atoms with Crippen LogP contribution in [0.5, 0.6) is 0 Å². The molecule has 0 aliphatic carbocycles. The zero-order valence-electron chi connectivity index (χ0n) is 15.4. The summed E-state index contributed by atoms with van der Waals surface area (Å²) in [6.07, 6.45) is 0.867. The molecular formula is C18H19F4N5OS. The number of rotatable bonds is 4. The number of carbonyl (C=O) groups excluding carboxylic acids is 1. The summed E-state index contributed by atoms with van der Waals surface area (Å²) in [6.45, 7) is 2.16. The second kappa shape index (κ2) is 8.92. The summed E-state index contributed by atoms with van der Waals surface area (Å²) in [4.78, 5) is 15.2. The van der Waals surface area contributed by atoms with Crippen LogP contribution < -0.4 is 16.0 Å². The van der Waals surface area contributed by atoms with E-state index in [9.17, 15) is 22.4 Å². The lowest BCUT2D eigenvalue weighted by Crippen LogP contribution is -2.45. The first kappa shape index (κ1) is 21.3. The fourth-order valence-corrected chi connectivity index (χ4v) is 3.59. The summed E-state index contributed by atoms with van der Waals surface area (Å²) < 4.78 is 54.7. The average Bonchev–Trinajstić information content (AvgIpc) is 2.97. The number of amides is 1. The second-order valence-corrected chi connectivity index (χ2v) is 7.45. The molecule has 0 radical (unpaired) electrons. The molecule has 1 fully saturated rings. The summed E-state index contributed by atoms with van der Waals surface area (Å²) >= 11 is -0.318. The van der Waals surface area contributed by atoms with E-state index < -0.39 is 17.7 Å². The number of aromatic nitrogens is 2. The Morgan fingerprint density at radius 2 is 2.28 bits per heavy atom. The number of halogens is 4. The molecule has 3 rings (SSSR count). The maximum atomic E-state index is 14.1. The van der Waals surface area contributed by atoms with Crippen LogP contribution in [0.4, 0.5) is 23.2 Å². The van der Waals surface area contributed by atoms with Gasteiger partial charge in [0.05, 0.1) is 18.3 Å². The summed E-state index contributed by atoms with van der Waals surface area (Å²) in [7, 11) is 0. The lowest BCUT2D eigenvalue weighted by Gasteiger charge is -2.28. The quantitative estimate of drug-likeness (QED) is 0.396. The molecule has 156 valence electrons. The van der Waals surface area contributed by atoms with Gasteiger partial charge in [0.1, 0.15) is 16.9 Å². The summed E-state index contributed by atoms with van der Waals surface area (Å²) in [5.41, 5.74) is -3.93. The molecule has 2 aromatic rings. The monoisotopic (exact) mass is 429 g/mol. The van der Waals surface area contributed by atoms with Crippen LogP contribution in [0.2, 0.25) is 0 Å². The molecule has 1 amide bonds. The van der Waals surface area contributed by atoms with E-state index in [1.54, 1.807) is 12.1 Å². The first-order valence-corrected chi connectivity index (χ1v) is 9.67. The Labute approximate surface area is 168 Å². The molecule has 2 aromatic heterocycles. The van der Waals surface area contributed by atoms with Crippen LogP contribution in [-0.4, -0.2) is 52.6 Å². The minimum atomic E-state index is -4.54. The van der Waals surface area contributed by atoms with Gasteiger partial charge in [-0.25, -0.2) is 9.37 Å². The fraction of sp³-hybridized carbons (Fsp3) is 0.444. The van der Waals surface area contributed by atoms with Crippen LogP contribution in [0.3, 0.4) is 0 Å². The van der Waals surface area contributed by atoms with Gasteiger partial charge in [-0.05, 0) is 31.0 Å². The van der Waals surface area contributed by atoms with Crippen LogP contribution in [0.15, 0.2) is 23.4 Å². The van der Waals surface area contributed by atoms with Crippen LogP contribution in [0.1, 0.15) is 19.0 Å². The SMILES string of the molecule is CC(=O)NCC#Cc1nc2c(NC3CCNCC3F)cccn2c1SC(F)(F)F. The molecule has 0 bridgehead atoms. The molecular weight excluding hydrogens is 410 g/mol. The van der Waals surface area contributed by atoms with Gasteiger partial charge in [0.15, 0.2) is 5.65 Å².